The molecule has 104 valence electrons. The summed E-state index contributed by atoms with van der Waals surface area (Å²) in [5, 5.41) is 17.9. The van der Waals surface area contributed by atoms with E-state index in [4.69, 9.17) is 4.52 Å². The maximum atomic E-state index is 10.6. The number of piperidine rings is 1. The van der Waals surface area contributed by atoms with E-state index in [-0.39, 0.29) is 11.7 Å². The molecule has 3 rings (SSSR count). The third kappa shape index (κ3) is 2.53. The van der Waals surface area contributed by atoms with Crippen molar-refractivity contribution in [2.45, 2.75) is 25.3 Å². The number of hydrogen-bond donors (Lipinski definition) is 1. The smallest absolute Gasteiger partial charge is 0.269 e. The zero-order valence-corrected chi connectivity index (χ0v) is 10.8. The van der Waals surface area contributed by atoms with Crippen LogP contribution in [0.5, 0.6) is 0 Å². The van der Waals surface area contributed by atoms with E-state index in [1.807, 2.05) is 0 Å². The van der Waals surface area contributed by atoms with Gasteiger partial charge in [-0.15, -0.1) is 0 Å². The van der Waals surface area contributed by atoms with Gasteiger partial charge in [0.2, 0.25) is 11.7 Å². The average Bonchev–Trinajstić information content (AvgIpc) is 2.98. The van der Waals surface area contributed by atoms with Crippen molar-refractivity contribution in [3.05, 3.63) is 40.3 Å². The first-order chi connectivity index (χ1) is 9.74. The van der Waals surface area contributed by atoms with Gasteiger partial charge in [0.25, 0.3) is 5.69 Å². The van der Waals surface area contributed by atoms with E-state index in [0.29, 0.717) is 17.3 Å². The summed E-state index contributed by atoms with van der Waals surface area (Å²) in [6.07, 6.45) is 3.30. The molecule has 2 aromatic rings. The summed E-state index contributed by atoms with van der Waals surface area (Å²) < 4.78 is 5.28. The number of nitrogens with zero attached hydrogens (tertiary/aromatic N) is 3. The highest BCUT2D eigenvalue weighted by Crippen LogP contribution is 2.25. The summed E-state index contributed by atoms with van der Waals surface area (Å²) in [5.74, 6) is 1.04. The normalized spacial score (nSPS) is 18.9. The summed E-state index contributed by atoms with van der Waals surface area (Å²) >= 11 is 0. The maximum absolute atomic E-state index is 10.6. The monoisotopic (exact) mass is 274 g/mol. The van der Waals surface area contributed by atoms with Crippen LogP contribution in [0, 0.1) is 10.1 Å². The second-order valence-corrected chi connectivity index (χ2v) is 4.76. The Morgan fingerprint density at radius 3 is 2.75 bits per heavy atom. The van der Waals surface area contributed by atoms with Crippen molar-refractivity contribution in [1.82, 2.24) is 15.5 Å². The van der Waals surface area contributed by atoms with Crippen LogP contribution in [0.25, 0.3) is 11.4 Å². The van der Waals surface area contributed by atoms with Crippen LogP contribution in [0.4, 0.5) is 5.69 Å². The van der Waals surface area contributed by atoms with E-state index < -0.39 is 4.92 Å². The van der Waals surface area contributed by atoms with Crippen molar-refractivity contribution in [3.63, 3.8) is 0 Å². The van der Waals surface area contributed by atoms with Crippen LogP contribution in [0.2, 0.25) is 0 Å². The lowest BCUT2D eigenvalue weighted by molar-refractivity contribution is -0.384. The Hall–Kier alpha value is -2.28. The molecule has 1 aromatic carbocycles. The SMILES string of the molecule is O=[N+]([O-])c1ccc(-c2noc([C@@H]3CCCCN3)n2)cc1. The van der Waals surface area contributed by atoms with Crippen molar-refractivity contribution in [2.75, 3.05) is 6.54 Å². The van der Waals surface area contributed by atoms with E-state index in [0.717, 1.165) is 19.4 Å². The van der Waals surface area contributed by atoms with Gasteiger partial charge >= 0.3 is 0 Å². The predicted octanol–water partition coefficient (Wildman–Crippen LogP) is 2.46. The lowest BCUT2D eigenvalue weighted by atomic mass is 10.1. The van der Waals surface area contributed by atoms with Crippen molar-refractivity contribution in [2.24, 2.45) is 0 Å². The second-order valence-electron chi connectivity index (χ2n) is 4.76. The molecule has 1 atom stereocenters. The summed E-state index contributed by atoms with van der Waals surface area (Å²) in [4.78, 5) is 14.5. The summed E-state index contributed by atoms with van der Waals surface area (Å²) in [7, 11) is 0. The molecule has 7 nitrogen and oxygen atoms in total. The first kappa shape index (κ1) is 12.7. The molecule has 0 unspecified atom stereocenters. The molecular formula is C13H14N4O3. The molecule has 0 saturated carbocycles. The number of hydrogen-bond acceptors (Lipinski definition) is 6. The first-order valence-electron chi connectivity index (χ1n) is 6.56. The van der Waals surface area contributed by atoms with Crippen LogP contribution >= 0.6 is 0 Å². The number of aromatic nitrogens is 2. The van der Waals surface area contributed by atoms with Crippen molar-refractivity contribution >= 4 is 5.69 Å². The molecular weight excluding hydrogens is 260 g/mol. The van der Waals surface area contributed by atoms with Crippen LogP contribution < -0.4 is 5.32 Å². The van der Waals surface area contributed by atoms with Crippen molar-refractivity contribution in [1.29, 1.82) is 0 Å². The quantitative estimate of drug-likeness (QED) is 0.682. The lowest BCUT2D eigenvalue weighted by Crippen LogP contribution is -2.26. The van der Waals surface area contributed by atoms with Gasteiger partial charge in [-0.25, -0.2) is 0 Å². The predicted molar refractivity (Wildman–Crippen MR) is 71.0 cm³/mol. The number of nitro groups is 1. The van der Waals surface area contributed by atoms with Gasteiger partial charge in [0.15, 0.2) is 0 Å². The largest absolute Gasteiger partial charge is 0.337 e. The fraction of sp³-hybridized carbons (Fsp3) is 0.385. The van der Waals surface area contributed by atoms with E-state index in [1.165, 1.54) is 18.6 Å². The van der Waals surface area contributed by atoms with Gasteiger partial charge in [-0.3, -0.25) is 10.1 Å². The number of non-ortho nitro benzene ring substituents is 1. The minimum Gasteiger partial charge on any atom is -0.337 e. The molecule has 1 aliphatic rings. The second kappa shape index (κ2) is 5.38. The van der Waals surface area contributed by atoms with Gasteiger partial charge < -0.3 is 9.84 Å². The molecule has 1 fully saturated rings. The summed E-state index contributed by atoms with van der Waals surface area (Å²) in [6, 6.07) is 6.24. The molecule has 20 heavy (non-hydrogen) atoms. The molecule has 0 spiro atoms. The van der Waals surface area contributed by atoms with Gasteiger partial charge in [-0.2, -0.15) is 4.98 Å². The molecule has 1 aliphatic heterocycles. The fourth-order valence-corrected chi connectivity index (χ4v) is 2.29. The van der Waals surface area contributed by atoms with E-state index in [1.54, 1.807) is 12.1 Å². The van der Waals surface area contributed by atoms with Crippen LogP contribution in [-0.4, -0.2) is 21.6 Å². The molecule has 1 saturated heterocycles. The zero-order valence-electron chi connectivity index (χ0n) is 10.8. The van der Waals surface area contributed by atoms with Gasteiger partial charge in [0, 0.05) is 17.7 Å². The number of rotatable bonds is 3. The Bertz CT molecular complexity index is 602. The van der Waals surface area contributed by atoms with Crippen LogP contribution in [0.1, 0.15) is 31.2 Å². The highest BCUT2D eigenvalue weighted by atomic mass is 16.6. The van der Waals surface area contributed by atoms with Crippen LogP contribution in [0.3, 0.4) is 0 Å². The highest BCUT2D eigenvalue weighted by Gasteiger charge is 2.21. The molecule has 0 amide bonds. The Morgan fingerprint density at radius 2 is 2.10 bits per heavy atom. The number of nitrogens with one attached hydrogen (secondary N) is 1. The molecule has 1 N–H and O–H groups in total. The molecule has 0 aliphatic carbocycles. The Kier molecular flexibility index (Phi) is 3.42. The summed E-state index contributed by atoms with van der Waals surface area (Å²) in [5.41, 5.74) is 0.757. The fourth-order valence-electron chi connectivity index (χ4n) is 2.29. The van der Waals surface area contributed by atoms with Gasteiger partial charge in [-0.05, 0) is 31.5 Å². The third-order valence-corrected chi connectivity index (χ3v) is 3.39. The van der Waals surface area contributed by atoms with Gasteiger partial charge in [-0.1, -0.05) is 11.6 Å². The number of nitro benzene ring substituents is 1. The minimum absolute atomic E-state index is 0.0476. The maximum Gasteiger partial charge on any atom is 0.269 e. The third-order valence-electron chi connectivity index (χ3n) is 3.39. The Balaban J connectivity index is 1.80. The molecule has 1 aromatic heterocycles. The van der Waals surface area contributed by atoms with E-state index in [2.05, 4.69) is 15.5 Å². The van der Waals surface area contributed by atoms with Gasteiger partial charge in [0.05, 0.1) is 11.0 Å². The number of benzene rings is 1. The molecule has 0 bridgehead atoms. The van der Waals surface area contributed by atoms with Crippen LogP contribution in [0.15, 0.2) is 28.8 Å². The molecule has 7 heteroatoms. The molecule has 0 radical (unpaired) electrons. The minimum atomic E-state index is -0.433. The van der Waals surface area contributed by atoms with Crippen molar-refractivity contribution < 1.29 is 9.45 Å². The topological polar surface area (TPSA) is 94.1 Å². The Morgan fingerprint density at radius 1 is 1.30 bits per heavy atom. The van der Waals surface area contributed by atoms with Crippen molar-refractivity contribution in [3.8, 4) is 11.4 Å². The van der Waals surface area contributed by atoms with Gasteiger partial charge in [0.1, 0.15) is 0 Å². The van der Waals surface area contributed by atoms with E-state index >= 15 is 0 Å². The highest BCUT2D eigenvalue weighted by molar-refractivity contribution is 5.56. The summed E-state index contributed by atoms with van der Waals surface area (Å²) in [6.45, 7) is 0.958. The van der Waals surface area contributed by atoms with Crippen LogP contribution in [-0.2, 0) is 0 Å². The molecule has 2 heterocycles. The van der Waals surface area contributed by atoms with E-state index in [9.17, 15) is 10.1 Å². The lowest BCUT2D eigenvalue weighted by Gasteiger charge is -2.19. The first-order valence-corrected chi connectivity index (χ1v) is 6.56. The Labute approximate surface area is 115 Å². The zero-order chi connectivity index (χ0) is 13.9. The standard InChI is InChI=1S/C13H14N4O3/c18-17(19)10-6-4-9(5-7-10)12-15-13(20-16-12)11-3-1-2-8-14-11/h4-7,11,14H,1-3,8H2/t11-/m0/s1. The average molecular weight is 274 g/mol.